The molecule has 0 unspecified atom stereocenters. The SMILES string of the molecule is CC(=O)N1CCCN(C(=O)c2cn(-c3ccccc3)nc2-c2ccccc2)CC1. The lowest BCUT2D eigenvalue weighted by atomic mass is 10.1. The Balaban J connectivity index is 1.69. The summed E-state index contributed by atoms with van der Waals surface area (Å²) in [5.41, 5.74) is 3.07. The van der Waals surface area contributed by atoms with Gasteiger partial charge in [0.2, 0.25) is 5.91 Å². The van der Waals surface area contributed by atoms with E-state index in [0.717, 1.165) is 17.7 Å². The van der Waals surface area contributed by atoms with E-state index in [0.29, 0.717) is 37.4 Å². The summed E-state index contributed by atoms with van der Waals surface area (Å²) < 4.78 is 1.76. The number of rotatable bonds is 3. The molecule has 3 aromatic rings. The third kappa shape index (κ3) is 4.06. The first-order chi connectivity index (χ1) is 14.1. The first-order valence-electron chi connectivity index (χ1n) is 9.89. The van der Waals surface area contributed by atoms with E-state index < -0.39 is 0 Å². The van der Waals surface area contributed by atoms with Gasteiger partial charge in [-0.05, 0) is 18.6 Å². The fourth-order valence-corrected chi connectivity index (χ4v) is 3.66. The zero-order valence-corrected chi connectivity index (χ0v) is 16.5. The van der Waals surface area contributed by atoms with Crippen LogP contribution in [-0.4, -0.2) is 57.6 Å². The lowest BCUT2D eigenvalue weighted by molar-refractivity contribution is -0.128. The van der Waals surface area contributed by atoms with Gasteiger partial charge in [-0.1, -0.05) is 48.5 Å². The number of para-hydroxylation sites is 1. The predicted molar refractivity (Wildman–Crippen MR) is 112 cm³/mol. The minimum atomic E-state index is -0.0450. The van der Waals surface area contributed by atoms with E-state index in [-0.39, 0.29) is 11.8 Å². The van der Waals surface area contributed by atoms with E-state index in [1.54, 1.807) is 16.5 Å². The van der Waals surface area contributed by atoms with Crippen molar-refractivity contribution in [3.05, 3.63) is 72.4 Å². The number of carbonyl (C=O) groups is 2. The monoisotopic (exact) mass is 388 g/mol. The normalized spacial score (nSPS) is 14.5. The molecule has 2 aromatic carbocycles. The molecule has 0 radical (unpaired) electrons. The molecule has 2 amide bonds. The second-order valence-corrected chi connectivity index (χ2v) is 7.19. The summed E-state index contributed by atoms with van der Waals surface area (Å²) in [6.45, 7) is 3.99. The number of amides is 2. The number of carbonyl (C=O) groups excluding carboxylic acids is 2. The van der Waals surface area contributed by atoms with Crippen LogP contribution in [0.2, 0.25) is 0 Å². The average molecular weight is 388 g/mol. The molecule has 0 aliphatic carbocycles. The Morgan fingerprint density at radius 1 is 0.828 bits per heavy atom. The molecule has 1 aromatic heterocycles. The largest absolute Gasteiger partial charge is 0.341 e. The highest BCUT2D eigenvalue weighted by atomic mass is 16.2. The summed E-state index contributed by atoms with van der Waals surface area (Å²) in [4.78, 5) is 28.8. The maximum atomic E-state index is 13.4. The summed E-state index contributed by atoms with van der Waals surface area (Å²) in [5.74, 6) is 0.0117. The van der Waals surface area contributed by atoms with Crippen LogP contribution in [0.25, 0.3) is 16.9 Å². The first kappa shape index (κ1) is 18.9. The van der Waals surface area contributed by atoms with Crippen LogP contribution in [-0.2, 0) is 4.79 Å². The molecule has 2 heterocycles. The Morgan fingerprint density at radius 2 is 1.45 bits per heavy atom. The fourth-order valence-electron chi connectivity index (χ4n) is 3.66. The molecule has 1 aliphatic rings. The molecular weight excluding hydrogens is 364 g/mol. The van der Waals surface area contributed by atoms with Gasteiger partial charge < -0.3 is 9.80 Å². The van der Waals surface area contributed by atoms with Gasteiger partial charge in [0.1, 0.15) is 5.69 Å². The minimum absolute atomic E-state index is 0.0450. The molecule has 29 heavy (non-hydrogen) atoms. The Labute approximate surface area is 170 Å². The molecule has 1 aliphatic heterocycles. The van der Waals surface area contributed by atoms with E-state index in [1.165, 1.54) is 0 Å². The van der Waals surface area contributed by atoms with Crippen LogP contribution >= 0.6 is 0 Å². The Kier molecular flexibility index (Phi) is 5.42. The van der Waals surface area contributed by atoms with Gasteiger partial charge in [-0.15, -0.1) is 0 Å². The van der Waals surface area contributed by atoms with Crippen molar-refractivity contribution in [3.8, 4) is 16.9 Å². The van der Waals surface area contributed by atoms with Crippen LogP contribution in [0.15, 0.2) is 66.9 Å². The third-order valence-corrected chi connectivity index (χ3v) is 5.24. The van der Waals surface area contributed by atoms with Gasteiger partial charge in [-0.3, -0.25) is 9.59 Å². The van der Waals surface area contributed by atoms with Gasteiger partial charge in [0.05, 0.1) is 11.3 Å². The molecule has 1 saturated heterocycles. The average Bonchev–Trinajstić information content (AvgIpc) is 3.05. The van der Waals surface area contributed by atoms with E-state index in [1.807, 2.05) is 71.8 Å². The van der Waals surface area contributed by atoms with Crippen molar-refractivity contribution >= 4 is 11.8 Å². The molecule has 6 nitrogen and oxygen atoms in total. The lowest BCUT2D eigenvalue weighted by Gasteiger charge is -2.21. The van der Waals surface area contributed by atoms with Gasteiger partial charge in [-0.2, -0.15) is 5.10 Å². The van der Waals surface area contributed by atoms with E-state index in [2.05, 4.69) is 0 Å². The lowest BCUT2D eigenvalue weighted by Crippen LogP contribution is -2.36. The maximum Gasteiger partial charge on any atom is 0.257 e. The van der Waals surface area contributed by atoms with Crippen molar-refractivity contribution in [3.63, 3.8) is 0 Å². The Hall–Kier alpha value is -3.41. The highest BCUT2D eigenvalue weighted by Crippen LogP contribution is 2.25. The maximum absolute atomic E-state index is 13.4. The number of aromatic nitrogens is 2. The minimum Gasteiger partial charge on any atom is -0.341 e. The zero-order chi connectivity index (χ0) is 20.2. The van der Waals surface area contributed by atoms with Crippen molar-refractivity contribution < 1.29 is 9.59 Å². The van der Waals surface area contributed by atoms with Gasteiger partial charge in [0.25, 0.3) is 5.91 Å². The second-order valence-electron chi connectivity index (χ2n) is 7.19. The summed E-state index contributed by atoms with van der Waals surface area (Å²) in [6, 6.07) is 19.6. The molecule has 0 N–H and O–H groups in total. The zero-order valence-electron chi connectivity index (χ0n) is 16.5. The standard InChI is InChI=1S/C23H24N4O2/c1-18(28)25-13-8-14-26(16-15-25)23(29)21-17-27(20-11-6-3-7-12-20)24-22(21)19-9-4-2-5-10-19/h2-7,9-12,17H,8,13-16H2,1H3. The Morgan fingerprint density at radius 3 is 2.14 bits per heavy atom. The second kappa shape index (κ2) is 8.31. The smallest absolute Gasteiger partial charge is 0.257 e. The van der Waals surface area contributed by atoms with Gasteiger partial charge in [0, 0.05) is 44.9 Å². The van der Waals surface area contributed by atoms with E-state index >= 15 is 0 Å². The highest BCUT2D eigenvalue weighted by molar-refractivity contribution is 6.00. The summed E-state index contributed by atoms with van der Waals surface area (Å²) in [6.07, 6.45) is 2.59. The predicted octanol–water partition coefficient (Wildman–Crippen LogP) is 3.23. The molecule has 0 atom stereocenters. The molecule has 0 saturated carbocycles. The van der Waals surface area contributed by atoms with Crippen molar-refractivity contribution in [1.82, 2.24) is 19.6 Å². The summed E-state index contributed by atoms with van der Waals surface area (Å²) in [5, 5.41) is 4.74. The van der Waals surface area contributed by atoms with Crippen LogP contribution < -0.4 is 0 Å². The van der Waals surface area contributed by atoms with Crippen LogP contribution in [0.5, 0.6) is 0 Å². The van der Waals surface area contributed by atoms with Gasteiger partial charge in [0.15, 0.2) is 0 Å². The van der Waals surface area contributed by atoms with E-state index in [9.17, 15) is 9.59 Å². The molecule has 6 heteroatoms. The molecular formula is C23H24N4O2. The van der Waals surface area contributed by atoms with Crippen molar-refractivity contribution in [2.45, 2.75) is 13.3 Å². The number of hydrogen-bond donors (Lipinski definition) is 0. The van der Waals surface area contributed by atoms with Crippen LogP contribution in [0, 0.1) is 0 Å². The molecule has 4 rings (SSSR count). The number of benzene rings is 2. The summed E-state index contributed by atoms with van der Waals surface area (Å²) >= 11 is 0. The van der Waals surface area contributed by atoms with Crippen LogP contribution in [0.3, 0.4) is 0 Å². The molecule has 148 valence electrons. The Bertz CT molecular complexity index is 998. The molecule has 1 fully saturated rings. The van der Waals surface area contributed by atoms with Crippen molar-refractivity contribution in [2.24, 2.45) is 0 Å². The molecule has 0 spiro atoms. The quantitative estimate of drug-likeness (QED) is 0.692. The van der Waals surface area contributed by atoms with Gasteiger partial charge >= 0.3 is 0 Å². The topological polar surface area (TPSA) is 58.4 Å². The number of nitrogens with zero attached hydrogens (tertiary/aromatic N) is 4. The van der Waals surface area contributed by atoms with Crippen molar-refractivity contribution in [1.29, 1.82) is 0 Å². The first-order valence-corrected chi connectivity index (χ1v) is 9.89. The summed E-state index contributed by atoms with van der Waals surface area (Å²) in [7, 11) is 0. The third-order valence-electron chi connectivity index (χ3n) is 5.24. The molecule has 0 bridgehead atoms. The highest BCUT2D eigenvalue weighted by Gasteiger charge is 2.26. The van der Waals surface area contributed by atoms with Crippen LogP contribution in [0.4, 0.5) is 0 Å². The fraction of sp³-hybridized carbons (Fsp3) is 0.261. The van der Waals surface area contributed by atoms with E-state index in [4.69, 9.17) is 5.10 Å². The van der Waals surface area contributed by atoms with Gasteiger partial charge in [-0.25, -0.2) is 4.68 Å². The van der Waals surface area contributed by atoms with Crippen molar-refractivity contribution in [2.75, 3.05) is 26.2 Å². The van der Waals surface area contributed by atoms with Crippen LogP contribution in [0.1, 0.15) is 23.7 Å². The number of hydrogen-bond acceptors (Lipinski definition) is 3.